The van der Waals surface area contributed by atoms with E-state index >= 15 is 0 Å². The largest absolute Gasteiger partial charge is 1.00 e. The van der Waals surface area contributed by atoms with E-state index in [0.29, 0.717) is 42.7 Å². The van der Waals surface area contributed by atoms with Crippen molar-refractivity contribution in [1.82, 2.24) is 10.6 Å². The van der Waals surface area contributed by atoms with E-state index < -0.39 is 39.0 Å². The number of phenols is 1. The summed E-state index contributed by atoms with van der Waals surface area (Å²) in [5.41, 5.74) is 7.63. The van der Waals surface area contributed by atoms with Crippen molar-refractivity contribution < 1.29 is 108 Å². The van der Waals surface area contributed by atoms with E-state index in [0.717, 1.165) is 33.4 Å². The number of esters is 1. The predicted octanol–water partition coefficient (Wildman–Crippen LogP) is 5.57. The third kappa shape index (κ3) is 32.4. The van der Waals surface area contributed by atoms with Crippen LogP contribution in [0.2, 0.25) is 0 Å². The normalized spacial score (nSPS) is 10.3. The van der Waals surface area contributed by atoms with E-state index in [1.165, 1.54) is 27.7 Å². The summed E-state index contributed by atoms with van der Waals surface area (Å²) < 4.78 is 20.8. The van der Waals surface area contributed by atoms with Gasteiger partial charge >= 0.3 is 53.4 Å². The molecule has 76 heavy (non-hydrogen) atoms. The van der Waals surface area contributed by atoms with Crippen molar-refractivity contribution >= 4 is 74.8 Å². The second kappa shape index (κ2) is 38.4. The average molecular weight is 1180 g/mol. The number of benzene rings is 4. The number of carbonyl (C=O) groups is 6. The maximum absolute atomic E-state index is 11.7. The fraction of sp³-hybridized carbons (Fsp3) is 0.434. The second-order valence-electron chi connectivity index (χ2n) is 17.7. The molecule has 4 aromatic carbocycles. The number of amides is 2. The maximum Gasteiger partial charge on any atom is 1.00 e. The van der Waals surface area contributed by atoms with Crippen LogP contribution in [0.1, 0.15) is 95.7 Å². The van der Waals surface area contributed by atoms with Crippen LogP contribution >= 0.6 is 39.1 Å². The van der Waals surface area contributed by atoms with Crippen molar-refractivity contribution in [2.45, 2.75) is 124 Å². The molecular formula is C53H75BrCl2N3NaO16. The van der Waals surface area contributed by atoms with Crippen molar-refractivity contribution in [2.75, 3.05) is 25.1 Å². The number of aliphatic carboxylic acids is 3. The first-order chi connectivity index (χ1) is 34.1. The van der Waals surface area contributed by atoms with Gasteiger partial charge in [0.25, 0.3) is 0 Å². The molecule has 0 aromatic heterocycles. The standard InChI is InChI=1S/C14H18ClNO4.C14H21NO3.C11H14O3.C7H8O.C4H7BrO2.C3H6ClNO2.Na.H2O/c1-9-6-10(8-16-12(17)7-15)4-5-11(9)20-14(2,3)13(18)19;1-5-17-13(16)14(3,4)18-12-7-6-11(9-15)8-10(12)2;1-8-6-4-5-7-9(8)14-11(2,3)10(12)13;1-6-4-2-3-5-7(6)8;1-4(2,5)3(6)7;4-1-3(7)5-2-6;;/h4-6H,7-8H2,1-3H3,(H,16,17)(H,18,19);6-8H,5,9,15H2,1-4H3;4-7H,1-3H3,(H,12,13);2-5,8H,1H3;1-2H3,(H,6,7);6H,1-2H2,(H,5,7);;1H2/q;;;;;;+1;/p-1. The molecule has 0 unspecified atom stereocenters. The number of halogens is 3. The summed E-state index contributed by atoms with van der Waals surface area (Å²) >= 11 is 13.3. The van der Waals surface area contributed by atoms with Gasteiger partial charge in [-0.2, -0.15) is 0 Å². The number of hydrogen-bond acceptors (Lipinski definition) is 14. The van der Waals surface area contributed by atoms with Crippen molar-refractivity contribution in [3.05, 3.63) is 118 Å². The number of carbonyl (C=O) groups excluding carboxylic acids is 3. The number of para-hydroxylation sites is 2. The molecule has 0 saturated carbocycles. The van der Waals surface area contributed by atoms with Crippen LogP contribution < -0.4 is 60.1 Å². The number of nitrogens with one attached hydrogen (secondary N) is 2. The van der Waals surface area contributed by atoms with Crippen LogP contribution in [0.25, 0.3) is 0 Å². The number of alkyl halides is 3. The van der Waals surface area contributed by atoms with Crippen LogP contribution in [0.5, 0.6) is 23.0 Å². The first-order valence-corrected chi connectivity index (χ1v) is 24.6. The molecule has 10 N–H and O–H groups in total. The predicted molar refractivity (Wildman–Crippen MR) is 291 cm³/mol. The van der Waals surface area contributed by atoms with Crippen LogP contribution in [0.3, 0.4) is 0 Å². The van der Waals surface area contributed by atoms with Gasteiger partial charge in [0.05, 0.1) is 6.61 Å². The summed E-state index contributed by atoms with van der Waals surface area (Å²) in [5.74, 6) is -1.83. The SMILES string of the molecule is CC(C)(Br)C(=O)O.CCOC(=O)C(C)(C)Oc1ccc(CN)cc1C.Cc1cc(CNC(=O)CCl)ccc1OC(C)(C)C(=O)O.Cc1ccccc1O.Cc1ccccc1OC(C)(C)C(=O)O.O=C(CCl)NCO.[Na+].[OH-]. The quantitative estimate of drug-likeness (QED) is 0.0277. The summed E-state index contributed by atoms with van der Waals surface area (Å²) in [6.07, 6.45) is 0. The first-order valence-electron chi connectivity index (χ1n) is 22.7. The Labute approximate surface area is 486 Å². The first kappa shape index (κ1) is 77.3. The number of hydrogen-bond donors (Lipinski definition) is 8. The van der Waals surface area contributed by atoms with Crippen molar-refractivity contribution in [3.63, 3.8) is 0 Å². The Morgan fingerprint density at radius 2 is 0.974 bits per heavy atom. The zero-order chi connectivity index (χ0) is 57.6. The van der Waals surface area contributed by atoms with Gasteiger partial charge in [-0.3, -0.25) is 14.4 Å². The van der Waals surface area contributed by atoms with Gasteiger partial charge in [-0.15, -0.1) is 23.2 Å². The summed E-state index contributed by atoms with van der Waals surface area (Å²) in [4.78, 5) is 64.6. The van der Waals surface area contributed by atoms with Gasteiger partial charge in [0.2, 0.25) is 11.8 Å². The molecule has 0 radical (unpaired) electrons. The molecule has 0 bridgehead atoms. The minimum absolute atomic E-state index is 0. The van der Waals surface area contributed by atoms with E-state index in [1.54, 1.807) is 58.9 Å². The third-order valence-electron chi connectivity index (χ3n) is 9.33. The fourth-order valence-corrected chi connectivity index (χ4v) is 4.95. The van der Waals surface area contributed by atoms with Gasteiger partial charge < -0.3 is 66.3 Å². The van der Waals surface area contributed by atoms with Gasteiger partial charge in [-0.05, 0) is 148 Å². The van der Waals surface area contributed by atoms with Crippen LogP contribution in [0.4, 0.5) is 0 Å². The van der Waals surface area contributed by atoms with Crippen LogP contribution in [0, 0.1) is 27.7 Å². The minimum Gasteiger partial charge on any atom is -0.870 e. The molecule has 0 heterocycles. The van der Waals surface area contributed by atoms with Gasteiger partial charge in [-0.25, -0.2) is 14.4 Å². The smallest absolute Gasteiger partial charge is 0.870 e. The molecular weight excluding hydrogens is 1110 g/mol. The fourth-order valence-electron chi connectivity index (χ4n) is 4.77. The third-order valence-corrected chi connectivity index (χ3v) is 10.2. The van der Waals surface area contributed by atoms with Gasteiger partial charge in [0.15, 0.2) is 16.8 Å². The van der Waals surface area contributed by atoms with Crippen LogP contribution in [-0.4, -0.2) is 113 Å². The molecule has 0 aliphatic heterocycles. The average Bonchev–Trinajstić information content (AvgIpc) is 3.32. The molecule has 2 amide bonds. The number of aliphatic hydroxyl groups is 1. The van der Waals surface area contributed by atoms with Crippen molar-refractivity contribution in [1.29, 1.82) is 0 Å². The number of phenolic OH excluding ortho intramolecular Hbond substituents is 1. The molecule has 23 heteroatoms. The number of ether oxygens (including phenoxy) is 4. The summed E-state index contributed by atoms with van der Waals surface area (Å²) in [7, 11) is 0. The number of aliphatic hydroxyl groups excluding tert-OH is 1. The Morgan fingerprint density at radius 3 is 1.30 bits per heavy atom. The summed E-state index contributed by atoms with van der Waals surface area (Å²) in [5, 5.41) is 47.7. The topological polar surface area (TPSA) is 321 Å². The molecule has 420 valence electrons. The molecule has 19 nitrogen and oxygen atoms in total. The molecule has 0 fully saturated rings. The number of rotatable bonds is 17. The van der Waals surface area contributed by atoms with E-state index in [4.69, 9.17) is 73.4 Å². The monoisotopic (exact) mass is 1180 g/mol. The zero-order valence-electron chi connectivity index (χ0n) is 45.8. The number of carboxylic acid groups (broad SMARTS) is 3. The molecule has 0 aliphatic rings. The number of nitrogens with two attached hydrogens (primary N) is 1. The molecule has 0 spiro atoms. The molecule has 4 rings (SSSR count). The summed E-state index contributed by atoms with van der Waals surface area (Å²) in [6, 6.07) is 25.6. The van der Waals surface area contributed by atoms with Crippen LogP contribution in [-0.2, 0) is 46.6 Å². The number of carboxylic acids is 3. The molecule has 0 aliphatic carbocycles. The van der Waals surface area contributed by atoms with E-state index in [2.05, 4.69) is 26.6 Å². The van der Waals surface area contributed by atoms with Crippen LogP contribution in [0.15, 0.2) is 84.9 Å². The Bertz CT molecular complexity index is 2400. The Kier molecular flexibility index (Phi) is 39.1. The van der Waals surface area contributed by atoms with Crippen molar-refractivity contribution in [2.24, 2.45) is 5.73 Å². The zero-order valence-corrected chi connectivity index (χ0v) is 50.9. The van der Waals surface area contributed by atoms with Crippen molar-refractivity contribution in [3.8, 4) is 23.0 Å². The minimum atomic E-state index is -1.29. The molecule has 0 saturated heterocycles. The van der Waals surface area contributed by atoms with Gasteiger partial charge in [0.1, 0.15) is 45.8 Å². The molecule has 0 atom stereocenters. The second-order valence-corrected chi connectivity index (χ2v) is 20.2. The Morgan fingerprint density at radius 1 is 0.592 bits per heavy atom. The maximum atomic E-state index is 11.7. The van der Waals surface area contributed by atoms with E-state index in [9.17, 15) is 28.8 Å². The Hall–Kier alpha value is -5.16. The van der Waals surface area contributed by atoms with E-state index in [1.807, 2.05) is 88.4 Å². The number of aryl methyl sites for hydroxylation is 4. The van der Waals surface area contributed by atoms with Gasteiger partial charge in [0, 0.05) is 13.1 Å². The molecule has 4 aromatic rings. The van der Waals surface area contributed by atoms with Gasteiger partial charge in [-0.1, -0.05) is 76.6 Å². The van der Waals surface area contributed by atoms with E-state index in [-0.39, 0.29) is 71.3 Å². The number of aromatic hydroxyl groups is 1. The summed E-state index contributed by atoms with van der Waals surface area (Å²) in [6.45, 7) is 22.7. The Balaban J connectivity index is -0.000000427.